The Hall–Kier alpha value is -2.34. The summed E-state index contributed by atoms with van der Waals surface area (Å²) in [5.74, 6) is 1.32. The molecule has 6 heteroatoms. The maximum absolute atomic E-state index is 11.6. The zero-order valence-electron chi connectivity index (χ0n) is 11.4. The summed E-state index contributed by atoms with van der Waals surface area (Å²) in [6.45, 7) is 0.329. The third kappa shape index (κ3) is 2.97. The molecule has 106 valence electrons. The Morgan fingerprint density at radius 3 is 2.80 bits per heavy atom. The normalized spacial score (nSPS) is 11.9. The predicted molar refractivity (Wildman–Crippen MR) is 75.0 cm³/mol. The molecule has 0 spiro atoms. The zero-order valence-corrected chi connectivity index (χ0v) is 11.4. The highest BCUT2D eigenvalue weighted by Crippen LogP contribution is 2.28. The summed E-state index contributed by atoms with van der Waals surface area (Å²) in [4.78, 5) is 15.3. The van der Waals surface area contributed by atoms with Crippen LogP contribution in [0.2, 0.25) is 0 Å². The van der Waals surface area contributed by atoms with Gasteiger partial charge in [0.1, 0.15) is 11.5 Å². The molecule has 1 atom stereocenters. The van der Waals surface area contributed by atoms with Crippen LogP contribution in [-0.2, 0) is 6.54 Å². The van der Waals surface area contributed by atoms with Crippen molar-refractivity contribution in [2.75, 3.05) is 14.2 Å². The summed E-state index contributed by atoms with van der Waals surface area (Å²) >= 11 is 0. The van der Waals surface area contributed by atoms with E-state index in [4.69, 9.17) is 15.2 Å². The number of hydrogen-bond acceptors (Lipinski definition) is 5. The van der Waals surface area contributed by atoms with E-state index in [0.717, 1.165) is 5.56 Å². The molecule has 0 saturated heterocycles. The average Bonchev–Trinajstić information content (AvgIpc) is 2.48. The standard InChI is InChI=1S/C14H17N3O3/c1-19-10-4-5-11(13(8-10)20-2)12(15)9-17-7-3-6-16-14(17)18/h3-8,12H,9,15H2,1-2H3. The van der Waals surface area contributed by atoms with Gasteiger partial charge in [-0.1, -0.05) is 6.07 Å². The summed E-state index contributed by atoms with van der Waals surface area (Å²) in [5.41, 5.74) is 6.64. The van der Waals surface area contributed by atoms with Crippen LogP contribution in [-0.4, -0.2) is 23.8 Å². The van der Waals surface area contributed by atoms with Crippen LogP contribution >= 0.6 is 0 Å². The largest absolute Gasteiger partial charge is 0.497 e. The minimum atomic E-state index is -0.377. The van der Waals surface area contributed by atoms with Crippen LogP contribution in [0, 0.1) is 0 Å². The molecule has 6 nitrogen and oxygen atoms in total. The van der Waals surface area contributed by atoms with Crippen molar-refractivity contribution in [3.05, 3.63) is 52.7 Å². The average molecular weight is 275 g/mol. The number of methoxy groups -OCH3 is 2. The van der Waals surface area contributed by atoms with Gasteiger partial charge in [-0.05, 0) is 12.1 Å². The number of aromatic nitrogens is 2. The predicted octanol–water partition coefficient (Wildman–Crippen LogP) is 0.961. The van der Waals surface area contributed by atoms with Crippen LogP contribution in [0.1, 0.15) is 11.6 Å². The van der Waals surface area contributed by atoms with Gasteiger partial charge in [-0.25, -0.2) is 9.78 Å². The van der Waals surface area contributed by atoms with Gasteiger partial charge in [-0.3, -0.25) is 4.57 Å². The summed E-state index contributed by atoms with van der Waals surface area (Å²) in [6, 6.07) is 6.73. The summed E-state index contributed by atoms with van der Waals surface area (Å²) in [7, 11) is 3.16. The van der Waals surface area contributed by atoms with Gasteiger partial charge in [0, 0.05) is 30.6 Å². The molecule has 0 amide bonds. The highest BCUT2D eigenvalue weighted by Gasteiger charge is 2.14. The molecule has 1 heterocycles. The maximum atomic E-state index is 11.6. The van der Waals surface area contributed by atoms with Crippen LogP contribution < -0.4 is 20.9 Å². The highest BCUT2D eigenvalue weighted by molar-refractivity contribution is 5.42. The van der Waals surface area contributed by atoms with Gasteiger partial charge < -0.3 is 15.2 Å². The second kappa shape index (κ2) is 6.21. The van der Waals surface area contributed by atoms with Crippen molar-refractivity contribution in [1.29, 1.82) is 0 Å². The van der Waals surface area contributed by atoms with E-state index in [1.807, 2.05) is 12.1 Å². The Morgan fingerprint density at radius 2 is 2.15 bits per heavy atom. The number of ether oxygens (including phenoxy) is 2. The first-order valence-corrected chi connectivity index (χ1v) is 6.14. The number of nitrogens with two attached hydrogens (primary N) is 1. The minimum Gasteiger partial charge on any atom is -0.497 e. The Bertz CT molecular complexity index is 640. The second-order valence-corrected chi connectivity index (χ2v) is 4.27. The topological polar surface area (TPSA) is 79.4 Å². The molecule has 0 bridgehead atoms. The number of nitrogens with zero attached hydrogens (tertiary/aromatic N) is 2. The van der Waals surface area contributed by atoms with Crippen molar-refractivity contribution < 1.29 is 9.47 Å². The molecule has 0 aliphatic carbocycles. The Morgan fingerprint density at radius 1 is 1.35 bits per heavy atom. The smallest absolute Gasteiger partial charge is 0.347 e. The lowest BCUT2D eigenvalue weighted by Crippen LogP contribution is -2.27. The maximum Gasteiger partial charge on any atom is 0.347 e. The molecule has 1 unspecified atom stereocenters. The first kappa shape index (κ1) is 14.1. The fourth-order valence-electron chi connectivity index (χ4n) is 1.96. The minimum absolute atomic E-state index is 0.324. The van der Waals surface area contributed by atoms with Crippen molar-refractivity contribution in [3.8, 4) is 11.5 Å². The molecule has 0 saturated carbocycles. The van der Waals surface area contributed by atoms with Crippen LogP contribution in [0.5, 0.6) is 11.5 Å². The molecule has 2 aromatic rings. The monoisotopic (exact) mass is 275 g/mol. The van der Waals surface area contributed by atoms with Gasteiger partial charge in [0.25, 0.3) is 0 Å². The lowest BCUT2D eigenvalue weighted by Gasteiger charge is -2.17. The van der Waals surface area contributed by atoms with E-state index in [-0.39, 0.29) is 11.7 Å². The fraction of sp³-hybridized carbons (Fsp3) is 0.286. The van der Waals surface area contributed by atoms with E-state index in [1.165, 1.54) is 10.8 Å². The fourth-order valence-corrected chi connectivity index (χ4v) is 1.96. The molecule has 0 aliphatic heterocycles. The van der Waals surface area contributed by atoms with E-state index in [2.05, 4.69) is 4.98 Å². The van der Waals surface area contributed by atoms with Gasteiger partial charge in [0.2, 0.25) is 0 Å². The van der Waals surface area contributed by atoms with Crippen LogP contribution in [0.15, 0.2) is 41.5 Å². The zero-order chi connectivity index (χ0) is 14.5. The van der Waals surface area contributed by atoms with E-state index in [1.54, 1.807) is 32.5 Å². The van der Waals surface area contributed by atoms with E-state index in [9.17, 15) is 4.79 Å². The Balaban J connectivity index is 2.27. The Kier molecular flexibility index (Phi) is 4.37. The lowest BCUT2D eigenvalue weighted by molar-refractivity contribution is 0.386. The number of benzene rings is 1. The third-order valence-electron chi connectivity index (χ3n) is 3.02. The van der Waals surface area contributed by atoms with Crippen molar-refractivity contribution in [2.24, 2.45) is 5.73 Å². The molecular formula is C14H17N3O3. The van der Waals surface area contributed by atoms with Crippen LogP contribution in [0.25, 0.3) is 0 Å². The Labute approximate surface area is 116 Å². The third-order valence-corrected chi connectivity index (χ3v) is 3.02. The van der Waals surface area contributed by atoms with Crippen molar-refractivity contribution in [3.63, 3.8) is 0 Å². The van der Waals surface area contributed by atoms with Gasteiger partial charge in [0.05, 0.1) is 20.3 Å². The molecule has 0 fully saturated rings. The van der Waals surface area contributed by atoms with Crippen molar-refractivity contribution >= 4 is 0 Å². The number of hydrogen-bond donors (Lipinski definition) is 1. The van der Waals surface area contributed by atoms with Crippen LogP contribution in [0.3, 0.4) is 0 Å². The molecule has 0 aliphatic rings. The van der Waals surface area contributed by atoms with E-state index < -0.39 is 0 Å². The van der Waals surface area contributed by atoms with Gasteiger partial charge >= 0.3 is 5.69 Å². The SMILES string of the molecule is COc1ccc(C(N)Cn2cccnc2=O)c(OC)c1. The summed E-state index contributed by atoms with van der Waals surface area (Å²) in [6.07, 6.45) is 3.11. The van der Waals surface area contributed by atoms with Gasteiger partial charge in [-0.2, -0.15) is 0 Å². The first-order valence-electron chi connectivity index (χ1n) is 6.14. The van der Waals surface area contributed by atoms with Crippen molar-refractivity contribution in [2.45, 2.75) is 12.6 Å². The van der Waals surface area contributed by atoms with E-state index >= 15 is 0 Å². The molecule has 1 aromatic carbocycles. The highest BCUT2D eigenvalue weighted by atomic mass is 16.5. The summed E-state index contributed by atoms with van der Waals surface area (Å²) < 4.78 is 11.9. The van der Waals surface area contributed by atoms with Crippen LogP contribution in [0.4, 0.5) is 0 Å². The first-order chi connectivity index (χ1) is 9.65. The quantitative estimate of drug-likeness (QED) is 0.879. The number of rotatable bonds is 5. The molecular weight excluding hydrogens is 258 g/mol. The van der Waals surface area contributed by atoms with Gasteiger partial charge in [-0.15, -0.1) is 0 Å². The molecule has 0 radical (unpaired) electrons. The molecule has 20 heavy (non-hydrogen) atoms. The lowest BCUT2D eigenvalue weighted by atomic mass is 10.1. The van der Waals surface area contributed by atoms with Crippen molar-refractivity contribution in [1.82, 2.24) is 9.55 Å². The summed E-state index contributed by atoms with van der Waals surface area (Å²) in [5, 5.41) is 0. The molecule has 2 N–H and O–H groups in total. The second-order valence-electron chi connectivity index (χ2n) is 4.27. The van der Waals surface area contributed by atoms with E-state index in [0.29, 0.717) is 18.0 Å². The molecule has 2 rings (SSSR count). The molecule has 1 aromatic heterocycles. The van der Waals surface area contributed by atoms with Gasteiger partial charge in [0.15, 0.2) is 0 Å².